The number of rotatable bonds is 7. The van der Waals surface area contributed by atoms with E-state index in [4.69, 9.17) is 9.72 Å². The molecule has 0 radical (unpaired) electrons. The molecule has 1 aliphatic rings. The summed E-state index contributed by atoms with van der Waals surface area (Å²) in [5, 5.41) is 0.687. The van der Waals surface area contributed by atoms with Gasteiger partial charge in [-0.3, -0.25) is 14.2 Å². The molecule has 0 N–H and O–H groups in total. The number of ether oxygens (including phenoxy) is 1. The van der Waals surface area contributed by atoms with E-state index in [1.54, 1.807) is 23.4 Å². The molecular weight excluding hydrogens is 464 g/mol. The topological polar surface area (TPSA) is 61.2 Å². The first-order valence-corrected chi connectivity index (χ1v) is 13.0. The van der Waals surface area contributed by atoms with Crippen molar-refractivity contribution in [2.45, 2.75) is 26.3 Å². The van der Waals surface area contributed by atoms with Crippen molar-refractivity contribution in [2.75, 3.05) is 12.9 Å². The normalized spacial score (nSPS) is 13.2. The summed E-state index contributed by atoms with van der Waals surface area (Å²) in [5.41, 5.74) is 3.71. The molecule has 0 amide bonds. The standard InChI is InChI=1S/C27H24N2O3S2/c1-3-33-23-19(16-30)11-14-21-22-26(34-24(21)23)28-25(18-9-12-20(32-2)13-10-18)29(27(22)31)15-17-7-5-4-6-8-17/h4-10,12-13,16H,3,11,14-15H2,1-2H3. The van der Waals surface area contributed by atoms with E-state index in [1.807, 2.05) is 54.6 Å². The maximum atomic E-state index is 14.0. The Morgan fingerprint density at radius 3 is 2.56 bits per heavy atom. The molecule has 0 spiro atoms. The number of hydrogen-bond donors (Lipinski definition) is 0. The van der Waals surface area contributed by atoms with E-state index in [0.29, 0.717) is 30.6 Å². The monoisotopic (exact) mass is 488 g/mol. The van der Waals surface area contributed by atoms with Crippen LogP contribution in [-0.4, -0.2) is 28.7 Å². The first-order chi connectivity index (χ1) is 16.6. The van der Waals surface area contributed by atoms with Crippen LogP contribution >= 0.6 is 23.1 Å². The molecule has 2 aromatic carbocycles. The minimum Gasteiger partial charge on any atom is -0.497 e. The van der Waals surface area contributed by atoms with E-state index in [0.717, 1.165) is 54.7 Å². The summed E-state index contributed by atoms with van der Waals surface area (Å²) in [5.74, 6) is 2.25. The van der Waals surface area contributed by atoms with Crippen molar-refractivity contribution in [3.8, 4) is 17.1 Å². The summed E-state index contributed by atoms with van der Waals surface area (Å²) in [6.07, 6.45) is 2.31. The Bertz CT molecular complexity index is 1450. The highest BCUT2D eigenvalue weighted by Gasteiger charge is 2.27. The van der Waals surface area contributed by atoms with Crippen LogP contribution in [0.5, 0.6) is 5.75 Å². The number of aryl methyl sites for hydroxylation is 1. The van der Waals surface area contributed by atoms with Crippen LogP contribution in [0.15, 0.2) is 65.0 Å². The Balaban J connectivity index is 1.76. The number of allylic oxidation sites excluding steroid dienone is 1. The van der Waals surface area contributed by atoms with Gasteiger partial charge in [-0.1, -0.05) is 37.3 Å². The van der Waals surface area contributed by atoms with Crippen molar-refractivity contribution >= 4 is 44.5 Å². The molecule has 172 valence electrons. The van der Waals surface area contributed by atoms with Gasteiger partial charge >= 0.3 is 0 Å². The van der Waals surface area contributed by atoms with Gasteiger partial charge in [-0.25, -0.2) is 4.98 Å². The van der Waals surface area contributed by atoms with E-state index >= 15 is 0 Å². The molecule has 34 heavy (non-hydrogen) atoms. The predicted molar refractivity (Wildman–Crippen MR) is 141 cm³/mol. The summed E-state index contributed by atoms with van der Waals surface area (Å²) >= 11 is 3.19. The fourth-order valence-electron chi connectivity index (χ4n) is 4.37. The van der Waals surface area contributed by atoms with Gasteiger partial charge in [0.15, 0.2) is 0 Å². The Hall–Kier alpha value is -3.16. The molecule has 0 saturated carbocycles. The minimum absolute atomic E-state index is 0.0347. The van der Waals surface area contributed by atoms with E-state index in [9.17, 15) is 9.59 Å². The molecule has 2 aromatic heterocycles. The fraction of sp³-hybridized carbons (Fsp3) is 0.222. The lowest BCUT2D eigenvalue weighted by molar-refractivity contribution is -0.105. The van der Waals surface area contributed by atoms with E-state index in [-0.39, 0.29) is 5.56 Å². The molecule has 0 aliphatic heterocycles. The number of aromatic nitrogens is 2. The molecule has 4 aromatic rings. The molecule has 0 bridgehead atoms. The van der Waals surface area contributed by atoms with Crippen molar-refractivity contribution in [2.24, 2.45) is 0 Å². The number of thioether (sulfide) groups is 1. The smallest absolute Gasteiger partial charge is 0.263 e. The molecule has 2 heterocycles. The first-order valence-electron chi connectivity index (χ1n) is 11.2. The predicted octanol–water partition coefficient (Wildman–Crippen LogP) is 5.79. The number of hydrogen-bond acceptors (Lipinski definition) is 6. The van der Waals surface area contributed by atoms with E-state index in [2.05, 4.69) is 6.92 Å². The highest BCUT2D eigenvalue weighted by molar-refractivity contribution is 8.08. The second-order valence-corrected chi connectivity index (χ2v) is 10.3. The third-order valence-electron chi connectivity index (χ3n) is 6.02. The van der Waals surface area contributed by atoms with Crippen LogP contribution in [0.1, 0.15) is 29.3 Å². The number of nitrogens with zero attached hydrogens (tertiary/aromatic N) is 2. The van der Waals surface area contributed by atoms with Gasteiger partial charge in [0.2, 0.25) is 0 Å². The van der Waals surface area contributed by atoms with Crippen LogP contribution in [0.4, 0.5) is 0 Å². The van der Waals surface area contributed by atoms with Gasteiger partial charge in [0.05, 0.1) is 19.0 Å². The van der Waals surface area contributed by atoms with Gasteiger partial charge in [-0.2, -0.15) is 0 Å². The molecule has 0 fully saturated rings. The summed E-state index contributed by atoms with van der Waals surface area (Å²) in [4.78, 5) is 33.5. The number of carbonyl (C=O) groups excluding carboxylic acids is 1. The highest BCUT2D eigenvalue weighted by Crippen LogP contribution is 2.45. The van der Waals surface area contributed by atoms with Gasteiger partial charge in [-0.15, -0.1) is 23.1 Å². The maximum absolute atomic E-state index is 14.0. The summed E-state index contributed by atoms with van der Waals surface area (Å²) in [6.45, 7) is 2.51. The highest BCUT2D eigenvalue weighted by atomic mass is 32.2. The Morgan fingerprint density at radius 1 is 1.12 bits per heavy atom. The van der Waals surface area contributed by atoms with Crippen LogP contribution in [-0.2, 0) is 17.8 Å². The number of carbonyl (C=O) groups is 1. The average molecular weight is 489 g/mol. The van der Waals surface area contributed by atoms with Gasteiger partial charge in [0, 0.05) is 20.9 Å². The second kappa shape index (κ2) is 9.60. The van der Waals surface area contributed by atoms with Gasteiger partial charge in [0.1, 0.15) is 22.7 Å². The summed E-state index contributed by atoms with van der Waals surface area (Å²) < 4.78 is 7.09. The molecular formula is C27H24N2O3S2. The van der Waals surface area contributed by atoms with Crippen molar-refractivity contribution in [3.63, 3.8) is 0 Å². The largest absolute Gasteiger partial charge is 0.497 e. The Labute approximate surface area is 206 Å². The fourth-order valence-corrected chi connectivity index (χ4v) is 6.74. The summed E-state index contributed by atoms with van der Waals surface area (Å²) in [6, 6.07) is 17.6. The number of fused-ring (bicyclic) bond motifs is 3. The molecule has 7 heteroatoms. The van der Waals surface area contributed by atoms with Crippen molar-refractivity contribution < 1.29 is 9.53 Å². The number of benzene rings is 2. The van der Waals surface area contributed by atoms with Crippen molar-refractivity contribution in [1.29, 1.82) is 0 Å². The summed E-state index contributed by atoms with van der Waals surface area (Å²) in [7, 11) is 1.63. The lowest BCUT2D eigenvalue weighted by atomic mass is 9.97. The third-order valence-corrected chi connectivity index (χ3v) is 8.33. The Morgan fingerprint density at radius 2 is 1.88 bits per heavy atom. The average Bonchev–Trinajstić information content (AvgIpc) is 3.26. The van der Waals surface area contributed by atoms with Crippen LogP contribution in [0.25, 0.3) is 26.5 Å². The van der Waals surface area contributed by atoms with Crippen molar-refractivity contribution in [1.82, 2.24) is 9.55 Å². The molecule has 5 rings (SSSR count). The van der Waals surface area contributed by atoms with Gasteiger partial charge in [-0.05, 0) is 54.0 Å². The van der Waals surface area contributed by atoms with Crippen LogP contribution in [0, 0.1) is 0 Å². The lowest BCUT2D eigenvalue weighted by Crippen LogP contribution is -2.24. The number of aldehydes is 1. The molecule has 0 atom stereocenters. The Kier molecular flexibility index (Phi) is 6.39. The SMILES string of the molecule is CCSC1=C(C=O)CCc2c1sc1nc(-c3ccc(OC)cc3)n(Cc3ccccc3)c(=O)c21. The number of thiophene rings is 1. The van der Waals surface area contributed by atoms with E-state index in [1.165, 1.54) is 11.3 Å². The molecule has 0 saturated heterocycles. The molecule has 0 unspecified atom stereocenters. The third kappa shape index (κ3) is 3.99. The minimum atomic E-state index is -0.0347. The lowest BCUT2D eigenvalue weighted by Gasteiger charge is -2.17. The van der Waals surface area contributed by atoms with Crippen molar-refractivity contribution in [3.05, 3.63) is 86.5 Å². The zero-order valence-electron chi connectivity index (χ0n) is 19.0. The van der Waals surface area contributed by atoms with Crippen LogP contribution < -0.4 is 10.3 Å². The first kappa shape index (κ1) is 22.6. The van der Waals surface area contributed by atoms with Crippen LogP contribution in [0.3, 0.4) is 0 Å². The maximum Gasteiger partial charge on any atom is 0.263 e. The quantitative estimate of drug-likeness (QED) is 0.308. The zero-order valence-corrected chi connectivity index (χ0v) is 20.7. The van der Waals surface area contributed by atoms with E-state index < -0.39 is 0 Å². The van der Waals surface area contributed by atoms with Gasteiger partial charge in [0.25, 0.3) is 5.56 Å². The number of methoxy groups -OCH3 is 1. The molecule has 5 nitrogen and oxygen atoms in total. The second-order valence-electron chi connectivity index (χ2n) is 8.04. The van der Waals surface area contributed by atoms with Crippen LogP contribution in [0.2, 0.25) is 0 Å². The van der Waals surface area contributed by atoms with Gasteiger partial charge < -0.3 is 4.74 Å². The molecule has 1 aliphatic carbocycles. The zero-order chi connectivity index (χ0) is 23.7.